The summed E-state index contributed by atoms with van der Waals surface area (Å²) < 4.78 is 16.8. The summed E-state index contributed by atoms with van der Waals surface area (Å²) >= 11 is 0. The van der Waals surface area contributed by atoms with Crippen LogP contribution in [0.4, 0.5) is 0 Å². The minimum atomic E-state index is -0.800. The van der Waals surface area contributed by atoms with Gasteiger partial charge in [0.25, 0.3) is 0 Å². The lowest BCUT2D eigenvalue weighted by atomic mass is 10.0. The Balaban J connectivity index is 4.41. The maximum Gasteiger partial charge on any atom is 0.306 e. The van der Waals surface area contributed by atoms with Crippen molar-refractivity contribution in [2.24, 2.45) is 0 Å². The fraction of sp³-hybridized carbons (Fsp3) is 0.687. The lowest BCUT2D eigenvalue weighted by Crippen LogP contribution is -2.30. The van der Waals surface area contributed by atoms with Crippen molar-refractivity contribution in [3.8, 4) is 0 Å². The molecule has 0 N–H and O–H groups in total. The van der Waals surface area contributed by atoms with Gasteiger partial charge in [-0.2, -0.15) is 0 Å². The zero-order chi connectivity index (χ0) is 52.9. The molecule has 0 fully saturated rings. The first-order valence-corrected chi connectivity index (χ1v) is 30.4. The van der Waals surface area contributed by atoms with Gasteiger partial charge in [-0.3, -0.25) is 14.4 Å². The van der Waals surface area contributed by atoms with E-state index in [1.165, 1.54) is 116 Å². The van der Waals surface area contributed by atoms with Crippen LogP contribution >= 0.6 is 0 Å². The number of carbonyl (C=O) groups excluding carboxylic acids is 3. The molecule has 0 rings (SSSR count). The van der Waals surface area contributed by atoms with Gasteiger partial charge in [0.1, 0.15) is 13.2 Å². The Labute approximate surface area is 450 Å². The molecule has 0 spiro atoms. The van der Waals surface area contributed by atoms with E-state index in [0.29, 0.717) is 19.3 Å². The Morgan fingerprint density at radius 3 is 0.877 bits per heavy atom. The quantitative estimate of drug-likeness (QED) is 0.0261. The number of ether oxygens (including phenoxy) is 3. The molecule has 6 heteroatoms. The molecule has 0 heterocycles. The van der Waals surface area contributed by atoms with E-state index in [2.05, 4.69) is 130 Å². The number of carbonyl (C=O) groups is 3. The minimum Gasteiger partial charge on any atom is -0.462 e. The standard InChI is InChI=1S/C67H112O6/c1-4-7-10-13-16-19-22-25-27-29-30-31-32-33-34-35-36-37-38-39-41-42-45-48-51-54-57-60-66(69)72-63-64(62-71-65(68)59-56-53-50-47-44-24-21-18-15-12-9-6-3)73-67(70)61-58-55-52-49-46-43-40-28-26-23-20-17-14-11-8-5-2/h7,10,16,19,25,27-28,30-31,33-34,36-37,39-41,45,48,64H,4-6,8-9,11-15,17-18,20-24,26,29,32,35,38,42-44,46-47,49-63H2,1-3H3/b10-7-,19-16-,27-25-,31-30-,34-33-,37-36-,40-28-,41-39-,48-45-. The first-order chi connectivity index (χ1) is 36.0. The number of hydrogen-bond donors (Lipinski definition) is 0. The van der Waals surface area contributed by atoms with Crippen molar-refractivity contribution in [3.05, 3.63) is 109 Å². The molecule has 6 nitrogen and oxygen atoms in total. The minimum absolute atomic E-state index is 0.0940. The van der Waals surface area contributed by atoms with Crippen molar-refractivity contribution in [2.75, 3.05) is 13.2 Å². The second kappa shape index (κ2) is 60.6. The second-order valence-electron chi connectivity index (χ2n) is 19.9. The van der Waals surface area contributed by atoms with Crippen LogP contribution in [0, 0.1) is 0 Å². The van der Waals surface area contributed by atoms with E-state index >= 15 is 0 Å². The number of rotatable bonds is 54. The third kappa shape index (κ3) is 58.8. The first kappa shape index (κ1) is 69.1. The molecule has 0 saturated heterocycles. The van der Waals surface area contributed by atoms with Gasteiger partial charge in [0.05, 0.1) is 0 Å². The number of esters is 3. The van der Waals surface area contributed by atoms with Crippen LogP contribution in [0.5, 0.6) is 0 Å². The Morgan fingerprint density at radius 2 is 0.534 bits per heavy atom. The van der Waals surface area contributed by atoms with Gasteiger partial charge in [-0.1, -0.05) is 259 Å². The van der Waals surface area contributed by atoms with Crippen LogP contribution in [0.3, 0.4) is 0 Å². The highest BCUT2D eigenvalue weighted by Gasteiger charge is 2.19. The predicted octanol–water partition coefficient (Wildman–Crippen LogP) is 20.7. The first-order valence-electron chi connectivity index (χ1n) is 30.4. The van der Waals surface area contributed by atoms with Crippen LogP contribution in [0.25, 0.3) is 0 Å². The van der Waals surface area contributed by atoms with E-state index in [0.717, 1.165) is 122 Å². The fourth-order valence-corrected chi connectivity index (χ4v) is 8.22. The summed E-state index contributed by atoms with van der Waals surface area (Å²) in [4.78, 5) is 38.2. The van der Waals surface area contributed by atoms with E-state index in [9.17, 15) is 14.4 Å². The predicted molar refractivity (Wildman–Crippen MR) is 316 cm³/mol. The number of allylic oxidation sites excluding steroid dienone is 18. The Bertz CT molecular complexity index is 1490. The molecule has 0 aromatic heterocycles. The molecule has 0 bridgehead atoms. The highest BCUT2D eigenvalue weighted by molar-refractivity contribution is 5.71. The maximum absolute atomic E-state index is 12.9. The van der Waals surface area contributed by atoms with Crippen molar-refractivity contribution in [1.82, 2.24) is 0 Å². The van der Waals surface area contributed by atoms with Gasteiger partial charge in [0.15, 0.2) is 6.10 Å². The van der Waals surface area contributed by atoms with Crippen LogP contribution in [0.2, 0.25) is 0 Å². The van der Waals surface area contributed by atoms with Gasteiger partial charge in [-0.15, -0.1) is 0 Å². The molecular weight excluding hydrogens is 901 g/mol. The average Bonchev–Trinajstić information content (AvgIpc) is 3.39. The van der Waals surface area contributed by atoms with Crippen molar-refractivity contribution in [2.45, 2.75) is 284 Å². The fourth-order valence-electron chi connectivity index (χ4n) is 8.22. The second-order valence-corrected chi connectivity index (χ2v) is 19.9. The molecule has 73 heavy (non-hydrogen) atoms. The van der Waals surface area contributed by atoms with Gasteiger partial charge in [-0.05, 0) is 109 Å². The molecule has 0 aromatic rings. The van der Waals surface area contributed by atoms with Crippen LogP contribution in [0.15, 0.2) is 109 Å². The summed E-state index contributed by atoms with van der Waals surface area (Å²) in [7, 11) is 0. The van der Waals surface area contributed by atoms with Crippen LogP contribution in [-0.4, -0.2) is 37.2 Å². The Morgan fingerprint density at radius 1 is 0.288 bits per heavy atom. The summed E-state index contributed by atoms with van der Waals surface area (Å²) in [5, 5.41) is 0. The van der Waals surface area contributed by atoms with Crippen LogP contribution in [-0.2, 0) is 28.6 Å². The molecular formula is C67H112O6. The van der Waals surface area contributed by atoms with E-state index in [1.54, 1.807) is 0 Å². The largest absolute Gasteiger partial charge is 0.462 e. The summed E-state index contributed by atoms with van der Waals surface area (Å²) in [6, 6.07) is 0. The molecule has 0 aliphatic carbocycles. The Hall–Kier alpha value is -3.93. The zero-order valence-electron chi connectivity index (χ0n) is 47.6. The average molecular weight is 1010 g/mol. The molecule has 0 radical (unpaired) electrons. The highest BCUT2D eigenvalue weighted by atomic mass is 16.6. The topological polar surface area (TPSA) is 78.9 Å². The van der Waals surface area contributed by atoms with Gasteiger partial charge >= 0.3 is 17.9 Å². The monoisotopic (exact) mass is 1010 g/mol. The molecule has 0 amide bonds. The highest BCUT2D eigenvalue weighted by Crippen LogP contribution is 2.15. The summed E-state index contributed by atoms with van der Waals surface area (Å²) in [5.41, 5.74) is 0. The van der Waals surface area contributed by atoms with E-state index < -0.39 is 6.10 Å². The van der Waals surface area contributed by atoms with Crippen molar-refractivity contribution >= 4 is 17.9 Å². The van der Waals surface area contributed by atoms with Crippen molar-refractivity contribution in [3.63, 3.8) is 0 Å². The molecule has 1 unspecified atom stereocenters. The lowest BCUT2D eigenvalue weighted by Gasteiger charge is -2.18. The van der Waals surface area contributed by atoms with Gasteiger partial charge in [-0.25, -0.2) is 0 Å². The van der Waals surface area contributed by atoms with Crippen LogP contribution < -0.4 is 0 Å². The van der Waals surface area contributed by atoms with Gasteiger partial charge < -0.3 is 14.2 Å². The van der Waals surface area contributed by atoms with Crippen molar-refractivity contribution in [1.29, 1.82) is 0 Å². The van der Waals surface area contributed by atoms with Crippen molar-refractivity contribution < 1.29 is 28.6 Å². The molecule has 416 valence electrons. The molecule has 0 aliphatic heterocycles. The zero-order valence-corrected chi connectivity index (χ0v) is 47.6. The third-order valence-electron chi connectivity index (χ3n) is 12.8. The van der Waals surface area contributed by atoms with Gasteiger partial charge in [0, 0.05) is 19.3 Å². The SMILES string of the molecule is CC/C=C\C/C=C\C/C=C\C/C=C\C/C=C\C/C=C\C/C=C\C/C=C\CCCCC(=O)OCC(COC(=O)CCCCCCCCCCCCCC)OC(=O)CCCCCCC/C=C\CCCCCCCCC. The van der Waals surface area contributed by atoms with E-state index in [4.69, 9.17) is 14.2 Å². The molecule has 0 aliphatic rings. The normalized spacial score (nSPS) is 12.9. The number of unbranched alkanes of at least 4 members (excludes halogenated alkanes) is 25. The Kier molecular flexibility index (Phi) is 57.4. The van der Waals surface area contributed by atoms with Crippen LogP contribution in [0.1, 0.15) is 278 Å². The summed E-state index contributed by atoms with van der Waals surface area (Å²) in [6.07, 6.45) is 82.3. The molecule has 1 atom stereocenters. The lowest BCUT2D eigenvalue weighted by molar-refractivity contribution is -0.167. The van der Waals surface area contributed by atoms with Gasteiger partial charge in [0.2, 0.25) is 0 Å². The molecule has 0 aromatic carbocycles. The maximum atomic E-state index is 12.9. The smallest absolute Gasteiger partial charge is 0.306 e. The number of hydrogen-bond acceptors (Lipinski definition) is 6. The third-order valence-corrected chi connectivity index (χ3v) is 12.8. The van der Waals surface area contributed by atoms with E-state index in [1.807, 2.05) is 0 Å². The summed E-state index contributed by atoms with van der Waals surface area (Å²) in [6.45, 7) is 6.49. The molecule has 0 saturated carbocycles. The van der Waals surface area contributed by atoms with E-state index in [-0.39, 0.29) is 31.1 Å². The summed E-state index contributed by atoms with van der Waals surface area (Å²) in [5.74, 6) is -0.944.